The average Bonchev–Trinajstić information content (AvgIpc) is 2.29. The van der Waals surface area contributed by atoms with Crippen LogP contribution in [0.2, 0.25) is 0 Å². The van der Waals surface area contributed by atoms with Crippen LogP contribution in [0.15, 0.2) is 12.3 Å². The van der Waals surface area contributed by atoms with E-state index in [9.17, 15) is 0 Å². The molecule has 2 heteroatoms. The number of aromatic nitrogens is 1. The van der Waals surface area contributed by atoms with E-state index in [0.717, 1.165) is 0 Å². The van der Waals surface area contributed by atoms with Crippen LogP contribution in [0.4, 0.5) is 0 Å². The quantitative estimate of drug-likeness (QED) is 0.527. The summed E-state index contributed by atoms with van der Waals surface area (Å²) in [4.78, 5) is 0. The Hall–Kier alpha value is -0.370. The molecule has 0 atom stereocenters. The maximum Gasteiger partial charge on any atom is 0.181 e. The summed E-state index contributed by atoms with van der Waals surface area (Å²) < 4.78 is 2.42. The van der Waals surface area contributed by atoms with Gasteiger partial charge in [-0.25, -0.2) is 4.57 Å². The Labute approximate surface area is 123 Å². The number of unbranched alkanes of at least 4 members (excludes halogenated alkanes) is 5. The van der Waals surface area contributed by atoms with E-state index in [-0.39, 0.29) is 17.0 Å². The molecule has 0 radical (unpaired) electrons. The molecular formula is C16H28BrN. The third-order valence-corrected chi connectivity index (χ3v) is 3.56. The van der Waals surface area contributed by atoms with E-state index in [1.165, 1.54) is 61.9 Å². The number of aryl methyl sites for hydroxylation is 3. The van der Waals surface area contributed by atoms with Gasteiger partial charge < -0.3 is 17.0 Å². The van der Waals surface area contributed by atoms with Gasteiger partial charge in [-0.2, -0.15) is 0 Å². The summed E-state index contributed by atoms with van der Waals surface area (Å²) in [6.45, 7) is 10.1. The maximum absolute atomic E-state index is 2.42. The van der Waals surface area contributed by atoms with Crippen molar-refractivity contribution in [1.29, 1.82) is 0 Å². The van der Waals surface area contributed by atoms with E-state index < -0.39 is 0 Å². The van der Waals surface area contributed by atoms with Crippen LogP contribution in [-0.2, 0) is 6.54 Å². The highest BCUT2D eigenvalue weighted by atomic mass is 79.9. The van der Waals surface area contributed by atoms with Crippen molar-refractivity contribution in [2.24, 2.45) is 0 Å². The van der Waals surface area contributed by atoms with Crippen molar-refractivity contribution < 1.29 is 21.5 Å². The fourth-order valence-corrected chi connectivity index (χ4v) is 2.35. The molecule has 104 valence electrons. The maximum atomic E-state index is 2.42. The SMILES string of the molecule is CCCCCCCC[n+]1cc(C)cc(C)c1C.[Br-]. The lowest BCUT2D eigenvalue weighted by Crippen LogP contribution is -3.00. The van der Waals surface area contributed by atoms with Gasteiger partial charge in [0.1, 0.15) is 6.54 Å². The van der Waals surface area contributed by atoms with E-state index in [4.69, 9.17) is 0 Å². The Morgan fingerprint density at radius 3 is 2.22 bits per heavy atom. The molecule has 1 aromatic rings. The predicted molar refractivity (Wildman–Crippen MR) is 74.2 cm³/mol. The van der Waals surface area contributed by atoms with Gasteiger partial charge in [-0.05, 0) is 26.3 Å². The fourth-order valence-electron chi connectivity index (χ4n) is 2.35. The molecule has 0 bridgehead atoms. The van der Waals surface area contributed by atoms with Crippen molar-refractivity contribution in [3.63, 3.8) is 0 Å². The van der Waals surface area contributed by atoms with Crippen molar-refractivity contribution in [2.45, 2.75) is 72.8 Å². The topological polar surface area (TPSA) is 3.88 Å². The van der Waals surface area contributed by atoms with Crippen LogP contribution in [0.1, 0.15) is 62.3 Å². The van der Waals surface area contributed by atoms with E-state index in [1.807, 2.05) is 0 Å². The lowest BCUT2D eigenvalue weighted by atomic mass is 10.1. The first-order chi connectivity index (χ1) is 8.15. The Balaban J connectivity index is 0.00000289. The first-order valence-electron chi connectivity index (χ1n) is 7.12. The van der Waals surface area contributed by atoms with Gasteiger partial charge >= 0.3 is 0 Å². The van der Waals surface area contributed by atoms with E-state index >= 15 is 0 Å². The zero-order valence-electron chi connectivity index (χ0n) is 12.4. The van der Waals surface area contributed by atoms with Gasteiger partial charge in [0.15, 0.2) is 11.9 Å². The fraction of sp³-hybridized carbons (Fsp3) is 0.688. The Morgan fingerprint density at radius 1 is 0.944 bits per heavy atom. The second-order valence-corrected chi connectivity index (χ2v) is 5.25. The molecule has 0 fully saturated rings. The van der Waals surface area contributed by atoms with Crippen LogP contribution in [0.3, 0.4) is 0 Å². The number of pyridine rings is 1. The predicted octanol–water partition coefficient (Wildman–Crippen LogP) is 1.26. The lowest BCUT2D eigenvalue weighted by molar-refractivity contribution is -0.703. The summed E-state index contributed by atoms with van der Waals surface area (Å²) in [5.41, 5.74) is 4.21. The molecule has 1 heterocycles. The van der Waals surface area contributed by atoms with Crippen LogP contribution in [0, 0.1) is 20.8 Å². The summed E-state index contributed by atoms with van der Waals surface area (Å²) in [7, 11) is 0. The summed E-state index contributed by atoms with van der Waals surface area (Å²) in [5, 5.41) is 0. The van der Waals surface area contributed by atoms with Crippen LogP contribution in [-0.4, -0.2) is 0 Å². The van der Waals surface area contributed by atoms with Gasteiger partial charge in [0.05, 0.1) is 0 Å². The van der Waals surface area contributed by atoms with Gasteiger partial charge in [0.25, 0.3) is 0 Å². The van der Waals surface area contributed by atoms with Crippen molar-refractivity contribution in [2.75, 3.05) is 0 Å². The number of hydrogen-bond acceptors (Lipinski definition) is 0. The molecule has 0 saturated heterocycles. The van der Waals surface area contributed by atoms with E-state index in [0.29, 0.717) is 0 Å². The highest BCUT2D eigenvalue weighted by molar-refractivity contribution is 5.17. The summed E-state index contributed by atoms with van der Waals surface area (Å²) in [5.74, 6) is 0. The highest BCUT2D eigenvalue weighted by Crippen LogP contribution is 2.07. The van der Waals surface area contributed by atoms with Crippen LogP contribution >= 0.6 is 0 Å². The van der Waals surface area contributed by atoms with Crippen molar-refractivity contribution in [3.8, 4) is 0 Å². The molecule has 0 N–H and O–H groups in total. The lowest BCUT2D eigenvalue weighted by Gasteiger charge is -2.05. The molecule has 0 aliphatic rings. The van der Waals surface area contributed by atoms with E-state index in [2.05, 4.69) is 44.5 Å². The minimum atomic E-state index is 0. The number of rotatable bonds is 7. The average molecular weight is 314 g/mol. The molecule has 0 aliphatic heterocycles. The van der Waals surface area contributed by atoms with Crippen molar-refractivity contribution in [1.82, 2.24) is 0 Å². The third kappa shape index (κ3) is 5.99. The van der Waals surface area contributed by atoms with Gasteiger partial charge in [-0.3, -0.25) is 0 Å². The molecule has 0 amide bonds. The minimum Gasteiger partial charge on any atom is -1.00 e. The smallest absolute Gasteiger partial charge is 0.181 e. The van der Waals surface area contributed by atoms with Crippen LogP contribution < -0.4 is 21.5 Å². The van der Waals surface area contributed by atoms with Crippen molar-refractivity contribution >= 4 is 0 Å². The normalized spacial score (nSPS) is 10.2. The molecule has 1 aromatic heterocycles. The van der Waals surface area contributed by atoms with E-state index in [1.54, 1.807) is 0 Å². The zero-order chi connectivity index (χ0) is 12.7. The second-order valence-electron chi connectivity index (χ2n) is 5.25. The second kappa shape index (κ2) is 9.55. The molecule has 0 saturated carbocycles. The molecule has 0 aromatic carbocycles. The molecule has 0 unspecified atom stereocenters. The van der Waals surface area contributed by atoms with Gasteiger partial charge in [0.2, 0.25) is 0 Å². The largest absolute Gasteiger partial charge is 1.00 e. The Kier molecular flexibility index (Phi) is 9.35. The number of hydrogen-bond donors (Lipinski definition) is 0. The first-order valence-corrected chi connectivity index (χ1v) is 7.12. The Bertz CT molecular complexity index is 347. The molecule has 0 aliphatic carbocycles. The summed E-state index contributed by atoms with van der Waals surface area (Å²) in [6.07, 6.45) is 10.5. The third-order valence-electron chi connectivity index (χ3n) is 3.56. The van der Waals surface area contributed by atoms with Crippen LogP contribution in [0.5, 0.6) is 0 Å². The highest BCUT2D eigenvalue weighted by Gasteiger charge is 2.09. The number of halogens is 1. The Morgan fingerprint density at radius 2 is 1.56 bits per heavy atom. The summed E-state index contributed by atoms with van der Waals surface area (Å²) >= 11 is 0. The molecule has 1 nitrogen and oxygen atoms in total. The molecular weight excluding hydrogens is 286 g/mol. The first kappa shape index (κ1) is 17.6. The van der Waals surface area contributed by atoms with Gasteiger partial charge in [-0.1, -0.05) is 32.6 Å². The van der Waals surface area contributed by atoms with Gasteiger partial charge in [-0.15, -0.1) is 0 Å². The van der Waals surface area contributed by atoms with Gasteiger partial charge in [0, 0.05) is 24.5 Å². The number of nitrogens with zero attached hydrogens (tertiary/aromatic N) is 1. The minimum absolute atomic E-state index is 0. The van der Waals surface area contributed by atoms with Crippen molar-refractivity contribution in [3.05, 3.63) is 29.1 Å². The molecule has 18 heavy (non-hydrogen) atoms. The monoisotopic (exact) mass is 313 g/mol. The molecule has 1 rings (SSSR count). The standard InChI is InChI=1S/C16H28N.BrH/c1-5-6-7-8-9-10-11-17-13-14(2)12-15(3)16(17)4;/h12-13H,5-11H2,1-4H3;1H/q+1;/p-1. The zero-order valence-corrected chi connectivity index (χ0v) is 14.0. The van der Waals surface area contributed by atoms with Crippen LogP contribution in [0.25, 0.3) is 0 Å². The summed E-state index contributed by atoms with van der Waals surface area (Å²) in [6, 6.07) is 2.27. The molecule has 0 spiro atoms.